The van der Waals surface area contributed by atoms with Gasteiger partial charge in [-0.1, -0.05) is 19.1 Å². The van der Waals surface area contributed by atoms with E-state index in [4.69, 9.17) is 4.74 Å². The number of carbonyl (C=O) groups is 1. The molecule has 2 aromatic rings. The van der Waals surface area contributed by atoms with Gasteiger partial charge in [0, 0.05) is 38.4 Å². The van der Waals surface area contributed by atoms with E-state index < -0.39 is 0 Å². The maximum atomic E-state index is 12.8. The van der Waals surface area contributed by atoms with Gasteiger partial charge in [0.15, 0.2) is 0 Å². The number of imidazole rings is 1. The van der Waals surface area contributed by atoms with Crippen LogP contribution in [0.25, 0.3) is 0 Å². The minimum Gasteiger partial charge on any atom is -0.497 e. The van der Waals surface area contributed by atoms with Crippen molar-refractivity contribution in [1.29, 1.82) is 0 Å². The first-order chi connectivity index (χ1) is 12.1. The lowest BCUT2D eigenvalue weighted by molar-refractivity contribution is -0.134. The van der Waals surface area contributed by atoms with Crippen LogP contribution in [0.15, 0.2) is 36.7 Å². The fourth-order valence-electron chi connectivity index (χ4n) is 3.33. The average Bonchev–Trinajstić information content (AvgIpc) is 3.09. The summed E-state index contributed by atoms with van der Waals surface area (Å²) in [4.78, 5) is 21.3. The highest BCUT2D eigenvalue weighted by Crippen LogP contribution is 2.26. The van der Waals surface area contributed by atoms with Crippen LogP contribution in [0.4, 0.5) is 0 Å². The number of hydrogen-bond acceptors (Lipinski definition) is 4. The highest BCUT2D eigenvalue weighted by Gasteiger charge is 2.28. The summed E-state index contributed by atoms with van der Waals surface area (Å²) in [7, 11) is 3.78. The molecule has 0 radical (unpaired) electrons. The summed E-state index contributed by atoms with van der Waals surface area (Å²) in [6, 6.07) is 8.32. The van der Waals surface area contributed by atoms with Crippen molar-refractivity contribution in [3.8, 4) is 5.75 Å². The van der Waals surface area contributed by atoms with Gasteiger partial charge in [-0.3, -0.25) is 9.69 Å². The van der Waals surface area contributed by atoms with E-state index >= 15 is 0 Å². The van der Waals surface area contributed by atoms with Gasteiger partial charge in [0.2, 0.25) is 5.91 Å². The lowest BCUT2D eigenvalue weighted by Crippen LogP contribution is -2.49. The molecule has 1 aromatic heterocycles. The number of benzene rings is 1. The largest absolute Gasteiger partial charge is 0.497 e. The molecule has 0 saturated carbocycles. The van der Waals surface area contributed by atoms with Crippen LogP contribution in [-0.2, 0) is 17.8 Å². The van der Waals surface area contributed by atoms with Gasteiger partial charge in [-0.2, -0.15) is 0 Å². The van der Waals surface area contributed by atoms with E-state index in [1.54, 1.807) is 13.3 Å². The van der Waals surface area contributed by atoms with E-state index in [1.165, 1.54) is 5.56 Å². The van der Waals surface area contributed by atoms with Crippen LogP contribution in [0.5, 0.6) is 5.75 Å². The topological polar surface area (TPSA) is 50.6 Å². The molecule has 0 spiro atoms. The molecule has 0 aliphatic carbocycles. The molecule has 134 valence electrons. The molecule has 1 atom stereocenters. The van der Waals surface area contributed by atoms with Gasteiger partial charge in [-0.25, -0.2) is 4.98 Å². The Morgan fingerprint density at radius 3 is 2.72 bits per heavy atom. The number of methoxy groups -OCH3 is 1. The number of ether oxygens (including phenoxy) is 1. The number of piperazine rings is 1. The summed E-state index contributed by atoms with van der Waals surface area (Å²) in [6.07, 6.45) is 4.47. The Balaban J connectivity index is 1.69. The van der Waals surface area contributed by atoms with Crippen LogP contribution in [0.2, 0.25) is 0 Å². The molecule has 25 heavy (non-hydrogen) atoms. The average molecular weight is 342 g/mol. The van der Waals surface area contributed by atoms with Gasteiger partial charge in [-0.15, -0.1) is 0 Å². The Hall–Kier alpha value is -2.34. The molecule has 1 saturated heterocycles. The predicted molar refractivity (Wildman–Crippen MR) is 96.6 cm³/mol. The van der Waals surface area contributed by atoms with Gasteiger partial charge in [0.25, 0.3) is 0 Å². The molecular formula is C19H26N4O2. The molecule has 0 bridgehead atoms. The summed E-state index contributed by atoms with van der Waals surface area (Å²) in [6.45, 7) is 4.75. The highest BCUT2D eigenvalue weighted by molar-refractivity contribution is 5.76. The van der Waals surface area contributed by atoms with E-state index in [2.05, 4.69) is 36.0 Å². The van der Waals surface area contributed by atoms with Crippen molar-refractivity contribution in [2.24, 2.45) is 0 Å². The molecule has 1 unspecified atom stereocenters. The van der Waals surface area contributed by atoms with Crippen LogP contribution in [0.1, 0.15) is 24.4 Å². The Morgan fingerprint density at radius 1 is 1.28 bits per heavy atom. The van der Waals surface area contributed by atoms with E-state index in [9.17, 15) is 4.79 Å². The maximum absolute atomic E-state index is 12.8. The Labute approximate surface area is 149 Å². The van der Waals surface area contributed by atoms with Crippen molar-refractivity contribution < 1.29 is 9.53 Å². The van der Waals surface area contributed by atoms with Crippen LogP contribution < -0.4 is 4.74 Å². The zero-order chi connectivity index (χ0) is 17.8. The van der Waals surface area contributed by atoms with E-state index in [0.717, 1.165) is 31.1 Å². The summed E-state index contributed by atoms with van der Waals surface area (Å²) >= 11 is 0. The monoisotopic (exact) mass is 342 g/mol. The number of hydrogen-bond donors (Lipinski definition) is 0. The van der Waals surface area contributed by atoms with Gasteiger partial charge in [0.1, 0.15) is 18.1 Å². The number of rotatable bonds is 5. The Morgan fingerprint density at radius 2 is 2.04 bits per heavy atom. The van der Waals surface area contributed by atoms with Gasteiger partial charge in [0.05, 0.1) is 13.2 Å². The number of likely N-dealkylation sites (N-methyl/N-ethyl adjacent to an activating group) is 1. The summed E-state index contributed by atoms with van der Waals surface area (Å²) in [5.74, 6) is 1.95. The number of nitrogens with zero attached hydrogens (tertiary/aromatic N) is 4. The minimum atomic E-state index is 0.152. The molecule has 3 rings (SSSR count). The third kappa shape index (κ3) is 3.85. The maximum Gasteiger partial charge on any atom is 0.242 e. The van der Waals surface area contributed by atoms with E-state index in [0.29, 0.717) is 13.1 Å². The van der Waals surface area contributed by atoms with Crippen LogP contribution in [-0.4, -0.2) is 59.0 Å². The molecule has 1 aliphatic heterocycles. The van der Waals surface area contributed by atoms with Crippen LogP contribution in [0, 0.1) is 0 Å². The zero-order valence-electron chi connectivity index (χ0n) is 15.2. The molecular weight excluding hydrogens is 316 g/mol. The van der Waals surface area contributed by atoms with Crippen molar-refractivity contribution in [2.75, 3.05) is 33.8 Å². The summed E-state index contributed by atoms with van der Waals surface area (Å²) in [5.41, 5.74) is 1.21. The lowest BCUT2D eigenvalue weighted by Gasteiger charge is -2.39. The Bertz CT molecular complexity index is 710. The lowest BCUT2D eigenvalue weighted by atomic mass is 10.0. The van der Waals surface area contributed by atoms with Crippen molar-refractivity contribution in [1.82, 2.24) is 19.4 Å². The molecule has 6 heteroatoms. The predicted octanol–water partition coefficient (Wildman–Crippen LogP) is 1.97. The second-order valence-electron chi connectivity index (χ2n) is 6.43. The first-order valence-electron chi connectivity index (χ1n) is 8.74. The Kier molecular flexibility index (Phi) is 5.38. The highest BCUT2D eigenvalue weighted by atomic mass is 16.5. The molecule has 2 heterocycles. The fourth-order valence-corrected chi connectivity index (χ4v) is 3.33. The third-order valence-corrected chi connectivity index (χ3v) is 4.92. The molecule has 6 nitrogen and oxygen atoms in total. The second kappa shape index (κ2) is 7.70. The second-order valence-corrected chi connectivity index (χ2v) is 6.43. The number of aryl methyl sites for hydroxylation is 1. The molecule has 1 aromatic carbocycles. The fraction of sp³-hybridized carbons (Fsp3) is 0.474. The number of carbonyl (C=O) groups excluding carboxylic acids is 1. The van der Waals surface area contributed by atoms with E-state index in [1.807, 2.05) is 27.8 Å². The first-order valence-corrected chi connectivity index (χ1v) is 8.74. The SMILES string of the molecule is CCc1nccn1CC(=O)N1CCN(C)C(c2ccc(OC)cc2)C1. The third-order valence-electron chi connectivity index (χ3n) is 4.92. The van der Waals surface area contributed by atoms with Crippen molar-refractivity contribution in [3.63, 3.8) is 0 Å². The van der Waals surface area contributed by atoms with Gasteiger partial charge in [-0.05, 0) is 24.7 Å². The summed E-state index contributed by atoms with van der Waals surface area (Å²) < 4.78 is 7.18. The first kappa shape index (κ1) is 17.5. The normalized spacial score (nSPS) is 18.4. The van der Waals surface area contributed by atoms with Crippen molar-refractivity contribution in [3.05, 3.63) is 48.0 Å². The number of amides is 1. The molecule has 1 amide bonds. The van der Waals surface area contributed by atoms with Crippen LogP contribution >= 0.6 is 0 Å². The number of aromatic nitrogens is 2. The quantitative estimate of drug-likeness (QED) is 0.834. The molecule has 0 N–H and O–H groups in total. The van der Waals surface area contributed by atoms with E-state index in [-0.39, 0.29) is 11.9 Å². The van der Waals surface area contributed by atoms with Crippen LogP contribution in [0.3, 0.4) is 0 Å². The summed E-state index contributed by atoms with van der Waals surface area (Å²) in [5, 5.41) is 0. The van der Waals surface area contributed by atoms with Crippen molar-refractivity contribution in [2.45, 2.75) is 25.9 Å². The van der Waals surface area contributed by atoms with Gasteiger partial charge < -0.3 is 14.2 Å². The van der Waals surface area contributed by atoms with Crippen molar-refractivity contribution >= 4 is 5.91 Å². The molecule has 1 aliphatic rings. The minimum absolute atomic E-state index is 0.152. The standard InChI is InChI=1S/C19H26N4O2/c1-4-18-20-9-10-22(18)14-19(24)23-12-11-21(2)17(13-23)15-5-7-16(25-3)8-6-15/h5-10,17H,4,11-14H2,1-3H3. The zero-order valence-corrected chi connectivity index (χ0v) is 15.2. The molecule has 1 fully saturated rings. The smallest absolute Gasteiger partial charge is 0.242 e. The van der Waals surface area contributed by atoms with Gasteiger partial charge >= 0.3 is 0 Å².